The Bertz CT molecular complexity index is 893. The maximum atomic E-state index is 13.5. The first-order valence-electron chi connectivity index (χ1n) is 10.7. The molecule has 2 N–H and O–H groups in total. The maximum Gasteiger partial charge on any atom is 0.223 e. The fourth-order valence-electron chi connectivity index (χ4n) is 3.66. The van der Waals surface area contributed by atoms with Crippen LogP contribution in [0.15, 0.2) is 47.5 Å². The van der Waals surface area contributed by atoms with E-state index in [1.165, 1.54) is 17.2 Å². The molecule has 0 aliphatic carbocycles. The molecular formula is C24H31FN4OS. The van der Waals surface area contributed by atoms with Gasteiger partial charge in [-0.05, 0) is 54.0 Å². The van der Waals surface area contributed by atoms with Gasteiger partial charge in [-0.15, -0.1) is 0 Å². The summed E-state index contributed by atoms with van der Waals surface area (Å²) in [5, 5.41) is 6.54. The topological polar surface area (TPSA) is 56.7 Å². The summed E-state index contributed by atoms with van der Waals surface area (Å²) in [7, 11) is 0. The molecule has 166 valence electrons. The lowest BCUT2D eigenvalue weighted by molar-refractivity contribution is -0.131. The molecule has 0 saturated heterocycles. The first-order valence-corrected chi connectivity index (χ1v) is 12.1. The van der Waals surface area contributed by atoms with Crippen molar-refractivity contribution in [1.29, 1.82) is 0 Å². The molecule has 2 aromatic carbocycles. The van der Waals surface area contributed by atoms with E-state index in [9.17, 15) is 9.18 Å². The van der Waals surface area contributed by atoms with Crippen LogP contribution in [0.5, 0.6) is 0 Å². The van der Waals surface area contributed by atoms with Gasteiger partial charge in [0.15, 0.2) is 5.96 Å². The van der Waals surface area contributed by atoms with Crippen LogP contribution in [0.25, 0.3) is 0 Å². The Balaban J connectivity index is 1.47. The predicted octanol–water partition coefficient (Wildman–Crippen LogP) is 4.07. The number of halogens is 1. The molecule has 0 spiro atoms. The average Bonchev–Trinajstić information content (AvgIpc) is 3.20. The van der Waals surface area contributed by atoms with Crippen molar-refractivity contribution >= 4 is 23.6 Å². The highest BCUT2D eigenvalue weighted by atomic mass is 32.2. The Morgan fingerprint density at radius 2 is 1.87 bits per heavy atom. The van der Waals surface area contributed by atoms with Crippen molar-refractivity contribution in [2.75, 3.05) is 19.3 Å². The summed E-state index contributed by atoms with van der Waals surface area (Å²) < 4.78 is 13.5. The number of benzene rings is 2. The van der Waals surface area contributed by atoms with E-state index in [0.29, 0.717) is 38.6 Å². The number of hydrogen-bond acceptors (Lipinski definition) is 3. The molecule has 1 amide bonds. The zero-order valence-corrected chi connectivity index (χ0v) is 19.1. The van der Waals surface area contributed by atoms with E-state index in [1.54, 1.807) is 23.9 Å². The molecule has 0 saturated carbocycles. The number of hydrogen-bond donors (Lipinski definition) is 2. The largest absolute Gasteiger partial charge is 0.357 e. The molecule has 0 atom stereocenters. The first-order chi connectivity index (χ1) is 15.1. The third kappa shape index (κ3) is 6.72. The SMILES string of the molecule is CCNC(=NCc1ccc(F)cc1CSC)NCCCC(=O)N1Cc2ccccc2C1. The van der Waals surface area contributed by atoms with Crippen molar-refractivity contribution < 1.29 is 9.18 Å². The lowest BCUT2D eigenvalue weighted by Gasteiger charge is -2.16. The molecule has 2 aromatic rings. The van der Waals surface area contributed by atoms with E-state index in [-0.39, 0.29) is 11.7 Å². The summed E-state index contributed by atoms with van der Waals surface area (Å²) in [6.07, 6.45) is 3.26. The molecule has 0 radical (unpaired) electrons. The average molecular weight is 443 g/mol. The van der Waals surface area contributed by atoms with Gasteiger partial charge in [-0.2, -0.15) is 11.8 Å². The third-order valence-corrected chi connectivity index (χ3v) is 5.87. The van der Waals surface area contributed by atoms with Crippen LogP contribution >= 0.6 is 11.8 Å². The Hall–Kier alpha value is -2.54. The van der Waals surface area contributed by atoms with Crippen molar-refractivity contribution in [1.82, 2.24) is 15.5 Å². The van der Waals surface area contributed by atoms with Crippen LogP contribution in [-0.2, 0) is 30.2 Å². The third-order valence-electron chi connectivity index (χ3n) is 5.27. The van der Waals surface area contributed by atoms with Gasteiger partial charge >= 0.3 is 0 Å². The highest BCUT2D eigenvalue weighted by molar-refractivity contribution is 7.97. The highest BCUT2D eigenvalue weighted by Gasteiger charge is 2.22. The molecule has 1 aliphatic heterocycles. The number of amides is 1. The van der Waals surface area contributed by atoms with Crippen molar-refractivity contribution in [2.24, 2.45) is 4.99 Å². The van der Waals surface area contributed by atoms with Gasteiger partial charge in [0.25, 0.3) is 0 Å². The summed E-state index contributed by atoms with van der Waals surface area (Å²) >= 11 is 1.67. The van der Waals surface area contributed by atoms with Gasteiger partial charge in [0.1, 0.15) is 5.82 Å². The van der Waals surface area contributed by atoms with E-state index in [4.69, 9.17) is 0 Å². The van der Waals surface area contributed by atoms with Gasteiger partial charge < -0.3 is 15.5 Å². The predicted molar refractivity (Wildman–Crippen MR) is 126 cm³/mol. The van der Waals surface area contributed by atoms with Crippen LogP contribution in [0, 0.1) is 5.82 Å². The Morgan fingerprint density at radius 1 is 1.13 bits per heavy atom. The molecule has 31 heavy (non-hydrogen) atoms. The maximum absolute atomic E-state index is 13.5. The molecule has 7 heteroatoms. The number of thioether (sulfide) groups is 1. The van der Waals surface area contributed by atoms with Crippen molar-refractivity contribution in [3.05, 3.63) is 70.5 Å². The Labute approximate surface area is 188 Å². The molecule has 3 rings (SSSR count). The summed E-state index contributed by atoms with van der Waals surface area (Å²) in [6, 6.07) is 13.1. The van der Waals surface area contributed by atoms with Crippen molar-refractivity contribution in [2.45, 2.75) is 45.2 Å². The summed E-state index contributed by atoms with van der Waals surface area (Å²) in [5.74, 6) is 1.44. The molecule has 0 fully saturated rings. The van der Waals surface area contributed by atoms with Crippen molar-refractivity contribution in [3.8, 4) is 0 Å². The van der Waals surface area contributed by atoms with Crippen LogP contribution in [-0.4, -0.2) is 36.1 Å². The second-order valence-electron chi connectivity index (χ2n) is 7.59. The monoisotopic (exact) mass is 442 g/mol. The highest BCUT2D eigenvalue weighted by Crippen LogP contribution is 2.23. The van der Waals surface area contributed by atoms with Crippen LogP contribution < -0.4 is 10.6 Å². The number of carbonyl (C=O) groups excluding carboxylic acids is 1. The lowest BCUT2D eigenvalue weighted by Crippen LogP contribution is -2.38. The molecule has 1 heterocycles. The van der Waals surface area contributed by atoms with E-state index in [0.717, 1.165) is 29.8 Å². The number of carbonyl (C=O) groups is 1. The van der Waals surface area contributed by atoms with E-state index < -0.39 is 0 Å². The molecule has 1 aliphatic rings. The van der Waals surface area contributed by atoms with E-state index >= 15 is 0 Å². The minimum absolute atomic E-state index is 0.188. The van der Waals surface area contributed by atoms with Crippen LogP contribution in [0.3, 0.4) is 0 Å². The normalized spacial score (nSPS) is 13.3. The first kappa shape index (κ1) is 23.1. The standard InChI is InChI=1S/C24H31FN4OS/c1-3-26-24(28-14-18-10-11-22(25)13-21(18)17-31-2)27-12-6-9-23(30)29-15-19-7-4-5-8-20(19)16-29/h4-5,7-8,10-11,13H,3,6,9,12,14-17H2,1-2H3,(H2,26,27,28). The zero-order chi connectivity index (χ0) is 22.1. The second kappa shape index (κ2) is 11.7. The molecule has 5 nitrogen and oxygen atoms in total. The molecule has 0 bridgehead atoms. The Morgan fingerprint density at radius 3 is 2.55 bits per heavy atom. The zero-order valence-electron chi connectivity index (χ0n) is 18.3. The van der Waals surface area contributed by atoms with Crippen molar-refractivity contribution in [3.63, 3.8) is 0 Å². The fourth-order valence-corrected chi connectivity index (χ4v) is 4.24. The van der Waals surface area contributed by atoms with E-state index in [2.05, 4.69) is 27.8 Å². The quantitative estimate of drug-likeness (QED) is 0.349. The molecule has 0 aromatic heterocycles. The minimum atomic E-state index is -0.215. The number of fused-ring (bicyclic) bond motifs is 1. The number of guanidine groups is 1. The Kier molecular flexibility index (Phi) is 8.76. The summed E-state index contributed by atoms with van der Waals surface area (Å²) in [6.45, 7) is 5.34. The summed E-state index contributed by atoms with van der Waals surface area (Å²) in [4.78, 5) is 19.1. The minimum Gasteiger partial charge on any atom is -0.357 e. The van der Waals surface area contributed by atoms with Crippen LogP contribution in [0.1, 0.15) is 42.0 Å². The summed E-state index contributed by atoms with van der Waals surface area (Å²) in [5.41, 5.74) is 4.50. The smallest absolute Gasteiger partial charge is 0.223 e. The van der Waals surface area contributed by atoms with Gasteiger partial charge in [0, 0.05) is 38.4 Å². The van der Waals surface area contributed by atoms with Gasteiger partial charge in [-0.1, -0.05) is 30.3 Å². The number of rotatable bonds is 9. The molecular weight excluding hydrogens is 411 g/mol. The second-order valence-corrected chi connectivity index (χ2v) is 8.46. The van der Waals surface area contributed by atoms with Crippen LogP contribution in [0.2, 0.25) is 0 Å². The fraction of sp³-hybridized carbons (Fsp3) is 0.417. The van der Waals surface area contributed by atoms with Gasteiger partial charge in [-0.3, -0.25) is 4.79 Å². The lowest BCUT2D eigenvalue weighted by atomic mass is 10.1. The van der Waals surface area contributed by atoms with Gasteiger partial charge in [0.05, 0.1) is 6.54 Å². The number of nitrogens with zero attached hydrogens (tertiary/aromatic N) is 2. The number of nitrogens with one attached hydrogen (secondary N) is 2. The van der Waals surface area contributed by atoms with Gasteiger partial charge in [0.2, 0.25) is 5.91 Å². The van der Waals surface area contributed by atoms with E-state index in [1.807, 2.05) is 30.2 Å². The van der Waals surface area contributed by atoms with Crippen LogP contribution in [0.4, 0.5) is 4.39 Å². The van der Waals surface area contributed by atoms with Gasteiger partial charge in [-0.25, -0.2) is 9.38 Å². The number of aliphatic imine (C=N–C) groups is 1. The molecule has 0 unspecified atom stereocenters.